The normalized spacial score (nSPS) is 11.7. The number of carbonyl (C=O) groups excluding carboxylic acids is 2. The molecule has 31 heavy (non-hydrogen) atoms. The van der Waals surface area contributed by atoms with Gasteiger partial charge in [-0.1, -0.05) is 56.2 Å². The van der Waals surface area contributed by atoms with E-state index in [1.54, 1.807) is 55.5 Å². The molecular formula is C23H26N4O4. The number of aromatic nitrogens is 2. The SMILES string of the molecule is CCCCCn1nc(C(=O)NNC(=O)C(C)Oc2ccccc2)c2ccccc2c1=O. The molecule has 0 fully saturated rings. The minimum atomic E-state index is -0.824. The molecule has 1 heterocycles. The number of fused-ring (bicyclic) bond motifs is 1. The Morgan fingerprint density at radius 1 is 1.00 bits per heavy atom. The van der Waals surface area contributed by atoms with Crippen molar-refractivity contribution in [1.29, 1.82) is 0 Å². The highest BCUT2D eigenvalue weighted by atomic mass is 16.5. The molecule has 0 aliphatic rings. The zero-order chi connectivity index (χ0) is 22.2. The maximum Gasteiger partial charge on any atom is 0.290 e. The number of amides is 2. The van der Waals surface area contributed by atoms with Crippen LogP contribution in [0.1, 0.15) is 43.6 Å². The number of ether oxygens (including phenoxy) is 1. The summed E-state index contributed by atoms with van der Waals surface area (Å²) in [5, 5.41) is 5.11. The van der Waals surface area contributed by atoms with Crippen LogP contribution >= 0.6 is 0 Å². The molecule has 1 unspecified atom stereocenters. The first-order valence-electron chi connectivity index (χ1n) is 10.3. The summed E-state index contributed by atoms with van der Waals surface area (Å²) in [5.41, 5.74) is 4.57. The van der Waals surface area contributed by atoms with E-state index in [4.69, 9.17) is 4.74 Å². The third kappa shape index (κ3) is 5.48. The Kier molecular flexibility index (Phi) is 7.37. The highest BCUT2D eigenvalue weighted by molar-refractivity contribution is 6.05. The first kappa shape index (κ1) is 22.0. The molecule has 0 saturated heterocycles. The van der Waals surface area contributed by atoms with Gasteiger partial charge in [0, 0.05) is 11.9 Å². The second-order valence-corrected chi connectivity index (χ2v) is 7.15. The van der Waals surface area contributed by atoms with Crippen molar-refractivity contribution in [2.24, 2.45) is 0 Å². The van der Waals surface area contributed by atoms with Gasteiger partial charge in [-0.15, -0.1) is 0 Å². The first-order chi connectivity index (χ1) is 15.0. The maximum atomic E-state index is 12.8. The van der Waals surface area contributed by atoms with E-state index in [0.29, 0.717) is 23.1 Å². The van der Waals surface area contributed by atoms with Crippen molar-refractivity contribution >= 4 is 22.6 Å². The van der Waals surface area contributed by atoms with E-state index in [0.717, 1.165) is 19.3 Å². The second kappa shape index (κ2) is 10.4. The van der Waals surface area contributed by atoms with Gasteiger partial charge in [0.15, 0.2) is 11.8 Å². The van der Waals surface area contributed by atoms with Crippen molar-refractivity contribution in [2.45, 2.75) is 45.8 Å². The van der Waals surface area contributed by atoms with Crippen molar-refractivity contribution in [3.63, 3.8) is 0 Å². The van der Waals surface area contributed by atoms with Crippen molar-refractivity contribution in [3.8, 4) is 5.75 Å². The smallest absolute Gasteiger partial charge is 0.290 e. The van der Waals surface area contributed by atoms with Crippen LogP contribution in [0.4, 0.5) is 0 Å². The Hall–Kier alpha value is -3.68. The van der Waals surface area contributed by atoms with Crippen LogP contribution in [-0.4, -0.2) is 27.7 Å². The Balaban J connectivity index is 1.74. The monoisotopic (exact) mass is 422 g/mol. The minimum Gasteiger partial charge on any atom is -0.481 e. The summed E-state index contributed by atoms with van der Waals surface area (Å²) in [6.07, 6.45) is 1.92. The van der Waals surface area contributed by atoms with Crippen LogP contribution in [0.5, 0.6) is 5.75 Å². The Morgan fingerprint density at radius 2 is 1.68 bits per heavy atom. The number of para-hydroxylation sites is 1. The molecule has 0 radical (unpaired) electrons. The fourth-order valence-corrected chi connectivity index (χ4v) is 3.10. The zero-order valence-electron chi connectivity index (χ0n) is 17.6. The van der Waals surface area contributed by atoms with Crippen molar-refractivity contribution in [1.82, 2.24) is 20.6 Å². The molecule has 0 saturated carbocycles. The topological polar surface area (TPSA) is 102 Å². The van der Waals surface area contributed by atoms with Crippen LogP contribution in [0.25, 0.3) is 10.8 Å². The fraction of sp³-hybridized carbons (Fsp3) is 0.304. The summed E-state index contributed by atoms with van der Waals surface area (Å²) in [6.45, 7) is 4.07. The summed E-state index contributed by atoms with van der Waals surface area (Å²) in [7, 11) is 0. The standard InChI is InChI=1S/C23H26N4O4/c1-3-4-10-15-27-23(30)19-14-9-8-13-18(19)20(26-27)22(29)25-24-21(28)16(2)31-17-11-6-5-7-12-17/h5-9,11-14,16H,3-4,10,15H2,1-2H3,(H,24,28)(H,25,29). The highest BCUT2D eigenvalue weighted by Crippen LogP contribution is 2.14. The van der Waals surface area contributed by atoms with Crippen LogP contribution in [-0.2, 0) is 11.3 Å². The van der Waals surface area contributed by atoms with Gasteiger partial charge >= 0.3 is 0 Å². The van der Waals surface area contributed by atoms with Crippen molar-refractivity contribution in [2.75, 3.05) is 0 Å². The van der Waals surface area contributed by atoms with Crippen LogP contribution in [0.3, 0.4) is 0 Å². The number of hydrogen-bond acceptors (Lipinski definition) is 5. The van der Waals surface area contributed by atoms with Gasteiger partial charge in [0.2, 0.25) is 0 Å². The third-order valence-corrected chi connectivity index (χ3v) is 4.78. The van der Waals surface area contributed by atoms with E-state index in [-0.39, 0.29) is 11.3 Å². The molecule has 8 nitrogen and oxygen atoms in total. The number of benzene rings is 2. The number of nitrogens with zero attached hydrogens (tertiary/aromatic N) is 2. The molecule has 3 rings (SSSR count). The number of carbonyl (C=O) groups is 2. The maximum absolute atomic E-state index is 12.8. The van der Waals surface area contributed by atoms with Crippen LogP contribution in [0.2, 0.25) is 0 Å². The molecule has 0 aliphatic carbocycles. The highest BCUT2D eigenvalue weighted by Gasteiger charge is 2.19. The van der Waals surface area contributed by atoms with Crippen LogP contribution in [0.15, 0.2) is 59.4 Å². The van der Waals surface area contributed by atoms with Gasteiger partial charge in [0.25, 0.3) is 17.4 Å². The van der Waals surface area contributed by atoms with Gasteiger partial charge in [0.1, 0.15) is 5.75 Å². The van der Waals surface area contributed by atoms with E-state index < -0.39 is 17.9 Å². The number of hydrogen-bond donors (Lipinski definition) is 2. The Labute approximate surface area is 180 Å². The average molecular weight is 422 g/mol. The molecule has 0 aliphatic heterocycles. The third-order valence-electron chi connectivity index (χ3n) is 4.78. The average Bonchev–Trinajstić information content (AvgIpc) is 2.79. The molecule has 162 valence electrons. The zero-order valence-corrected chi connectivity index (χ0v) is 17.6. The molecule has 3 aromatic rings. The quantitative estimate of drug-likeness (QED) is 0.429. The molecule has 2 aromatic carbocycles. The molecule has 2 N–H and O–H groups in total. The number of hydrazine groups is 1. The lowest BCUT2D eigenvalue weighted by Crippen LogP contribution is -2.47. The van der Waals surface area contributed by atoms with Crippen LogP contribution in [0, 0.1) is 0 Å². The number of aryl methyl sites for hydroxylation is 1. The number of nitrogens with one attached hydrogen (secondary N) is 2. The van der Waals surface area contributed by atoms with Crippen molar-refractivity contribution in [3.05, 3.63) is 70.6 Å². The summed E-state index contributed by atoms with van der Waals surface area (Å²) >= 11 is 0. The van der Waals surface area contributed by atoms with E-state index >= 15 is 0 Å². The second-order valence-electron chi connectivity index (χ2n) is 7.15. The predicted molar refractivity (Wildman–Crippen MR) is 118 cm³/mol. The molecule has 0 spiro atoms. The van der Waals surface area contributed by atoms with Gasteiger partial charge < -0.3 is 4.74 Å². The molecular weight excluding hydrogens is 396 g/mol. The largest absolute Gasteiger partial charge is 0.481 e. The van der Waals surface area contributed by atoms with E-state index in [1.807, 2.05) is 6.07 Å². The minimum absolute atomic E-state index is 0.0728. The predicted octanol–water partition coefficient (Wildman–Crippen LogP) is 2.82. The van der Waals surface area contributed by atoms with Gasteiger partial charge in [-0.05, 0) is 31.5 Å². The summed E-state index contributed by atoms with van der Waals surface area (Å²) in [4.78, 5) is 37.8. The Morgan fingerprint density at radius 3 is 2.39 bits per heavy atom. The summed E-state index contributed by atoms with van der Waals surface area (Å²) in [6, 6.07) is 15.7. The summed E-state index contributed by atoms with van der Waals surface area (Å²) < 4.78 is 6.87. The van der Waals surface area contributed by atoms with E-state index in [9.17, 15) is 14.4 Å². The summed E-state index contributed by atoms with van der Waals surface area (Å²) in [5.74, 6) is -0.582. The lowest BCUT2D eigenvalue weighted by molar-refractivity contribution is -0.128. The first-order valence-corrected chi connectivity index (χ1v) is 10.3. The molecule has 8 heteroatoms. The number of rotatable bonds is 8. The molecule has 1 atom stereocenters. The molecule has 0 bridgehead atoms. The molecule has 1 aromatic heterocycles. The van der Waals surface area contributed by atoms with Gasteiger partial charge in [-0.2, -0.15) is 5.10 Å². The molecule has 2 amide bonds. The van der Waals surface area contributed by atoms with Gasteiger partial charge in [-0.3, -0.25) is 25.2 Å². The van der Waals surface area contributed by atoms with Crippen LogP contribution < -0.4 is 21.1 Å². The van der Waals surface area contributed by atoms with E-state index in [1.165, 1.54) is 4.68 Å². The number of unbranched alkanes of at least 4 members (excludes halogenated alkanes) is 2. The van der Waals surface area contributed by atoms with Gasteiger partial charge in [0.05, 0.1) is 5.39 Å². The van der Waals surface area contributed by atoms with E-state index in [2.05, 4.69) is 22.9 Å². The lowest BCUT2D eigenvalue weighted by atomic mass is 10.1. The fourth-order valence-electron chi connectivity index (χ4n) is 3.10. The lowest BCUT2D eigenvalue weighted by Gasteiger charge is -2.15. The van der Waals surface area contributed by atoms with Crippen molar-refractivity contribution < 1.29 is 14.3 Å². The van der Waals surface area contributed by atoms with Gasteiger partial charge in [-0.25, -0.2) is 4.68 Å². The Bertz CT molecular complexity index is 1110.